The van der Waals surface area contributed by atoms with Crippen LogP contribution >= 0.6 is 11.8 Å². The van der Waals surface area contributed by atoms with Gasteiger partial charge in [0, 0.05) is 32.1 Å². The third-order valence-corrected chi connectivity index (χ3v) is 9.56. The molecule has 3 aliphatic rings. The van der Waals surface area contributed by atoms with E-state index in [4.69, 9.17) is 4.74 Å². The number of likely N-dealkylation sites (tertiary alicyclic amines) is 2. The summed E-state index contributed by atoms with van der Waals surface area (Å²) in [5.41, 5.74) is 0.556. The Kier molecular flexibility index (Phi) is 11.7. The Morgan fingerprint density at radius 3 is 2.38 bits per heavy atom. The molecular weight excluding hydrogens is 552 g/mol. The Morgan fingerprint density at radius 1 is 1.02 bits per heavy atom. The van der Waals surface area contributed by atoms with Crippen LogP contribution in [0.2, 0.25) is 0 Å². The zero-order chi connectivity index (χ0) is 30.1. The predicted octanol–water partition coefficient (Wildman–Crippen LogP) is 4.49. The van der Waals surface area contributed by atoms with Gasteiger partial charge >= 0.3 is 6.09 Å². The Morgan fingerprint density at radius 2 is 1.71 bits per heavy atom. The molecule has 10 heteroatoms. The maximum atomic E-state index is 13.4. The summed E-state index contributed by atoms with van der Waals surface area (Å²) in [5, 5.41) is 5.79. The first-order valence-corrected chi connectivity index (χ1v) is 16.6. The fraction of sp³-hybridized carbons (Fsp3) is 0.688. The second kappa shape index (κ2) is 15.2. The molecule has 2 N–H and O–H groups in total. The van der Waals surface area contributed by atoms with Crippen molar-refractivity contribution in [2.24, 2.45) is 5.92 Å². The van der Waals surface area contributed by atoms with Crippen molar-refractivity contribution in [1.29, 1.82) is 0 Å². The number of carbonyl (C=O) groups is 4. The number of nitrogens with zero attached hydrogens (tertiary/aromatic N) is 2. The highest BCUT2D eigenvalue weighted by Gasteiger charge is 2.41. The van der Waals surface area contributed by atoms with Crippen LogP contribution in [-0.2, 0) is 25.7 Å². The van der Waals surface area contributed by atoms with Crippen LogP contribution in [0.3, 0.4) is 0 Å². The Balaban J connectivity index is 1.32. The summed E-state index contributed by atoms with van der Waals surface area (Å²) in [6.07, 6.45) is 7.27. The smallest absolute Gasteiger partial charge is 0.411 e. The molecule has 2 atom stereocenters. The van der Waals surface area contributed by atoms with Crippen molar-refractivity contribution in [2.75, 3.05) is 25.4 Å². The molecule has 2 heterocycles. The maximum absolute atomic E-state index is 13.4. The van der Waals surface area contributed by atoms with Gasteiger partial charge < -0.3 is 15.4 Å². The lowest BCUT2D eigenvalue weighted by Crippen LogP contribution is -2.50. The molecule has 3 fully saturated rings. The number of piperidine rings is 1. The fourth-order valence-electron chi connectivity index (χ4n) is 5.98. The zero-order valence-electron chi connectivity index (χ0n) is 25.4. The van der Waals surface area contributed by atoms with E-state index in [2.05, 4.69) is 39.8 Å². The normalized spacial score (nSPS) is 21.6. The molecule has 1 aliphatic carbocycles. The number of rotatable bonds is 10. The highest BCUT2D eigenvalue weighted by Crippen LogP contribution is 2.29. The van der Waals surface area contributed by atoms with E-state index < -0.39 is 29.0 Å². The number of hydrogen-bond acceptors (Lipinski definition) is 7. The first kappa shape index (κ1) is 32.3. The lowest BCUT2D eigenvalue weighted by Gasteiger charge is -2.33. The van der Waals surface area contributed by atoms with E-state index in [1.165, 1.54) is 42.6 Å². The number of ether oxygens (including phenoxy) is 1. The van der Waals surface area contributed by atoms with Gasteiger partial charge in [0.1, 0.15) is 11.6 Å². The van der Waals surface area contributed by atoms with E-state index in [9.17, 15) is 19.2 Å². The first-order chi connectivity index (χ1) is 20.1. The van der Waals surface area contributed by atoms with Crippen LogP contribution in [0.25, 0.3) is 0 Å². The average molecular weight is 601 g/mol. The lowest BCUT2D eigenvalue weighted by atomic mass is 9.91. The Labute approximate surface area is 254 Å². The minimum atomic E-state index is -0.929. The molecule has 0 spiro atoms. The molecule has 0 aromatic heterocycles. The summed E-state index contributed by atoms with van der Waals surface area (Å²) in [7, 11) is 0. The summed E-state index contributed by atoms with van der Waals surface area (Å²) >= 11 is 1.61. The summed E-state index contributed by atoms with van der Waals surface area (Å²) in [6, 6.07) is 9.61. The average Bonchev–Trinajstić information content (AvgIpc) is 3.35. The molecule has 1 saturated carbocycles. The molecule has 3 amide bonds. The highest BCUT2D eigenvalue weighted by molar-refractivity contribution is 7.99. The molecule has 1 aromatic rings. The standard InChI is InChI=1S/C32H48N4O5S/c1-32(2,3)41-31(40)36-21-26(37)18-27(36)30(39)34-29(42-22-24-12-8-5-9-13-24)19-28(38)33-25-14-16-35(17-15-25)20-23-10-6-4-7-11-23/h4,6-7,10-11,24-25,27,29H,5,8-9,12-22H2,1-3H3,(H,33,38)(H,34,39)/t27-,29?/m0/s1. The monoisotopic (exact) mass is 600 g/mol. The predicted molar refractivity (Wildman–Crippen MR) is 165 cm³/mol. The largest absolute Gasteiger partial charge is 0.444 e. The number of amides is 3. The van der Waals surface area contributed by atoms with Crippen molar-refractivity contribution < 1.29 is 23.9 Å². The van der Waals surface area contributed by atoms with E-state index in [0.717, 1.165) is 38.2 Å². The summed E-state index contributed by atoms with van der Waals surface area (Å²) in [4.78, 5) is 55.3. The highest BCUT2D eigenvalue weighted by atomic mass is 32.2. The minimum Gasteiger partial charge on any atom is -0.444 e. The number of thioether (sulfide) groups is 1. The van der Waals surface area contributed by atoms with E-state index in [0.29, 0.717) is 5.92 Å². The van der Waals surface area contributed by atoms with Gasteiger partial charge in [-0.2, -0.15) is 0 Å². The van der Waals surface area contributed by atoms with Crippen LogP contribution in [0.4, 0.5) is 4.79 Å². The van der Waals surface area contributed by atoms with Gasteiger partial charge in [0.05, 0.1) is 18.3 Å². The van der Waals surface area contributed by atoms with Crippen molar-refractivity contribution in [2.45, 2.75) is 108 Å². The lowest BCUT2D eigenvalue weighted by molar-refractivity contribution is -0.126. The topological polar surface area (TPSA) is 108 Å². The quantitative estimate of drug-likeness (QED) is 0.381. The molecule has 0 bridgehead atoms. The molecule has 4 rings (SSSR count). The van der Waals surface area contributed by atoms with Crippen molar-refractivity contribution in [1.82, 2.24) is 20.4 Å². The molecule has 1 aromatic carbocycles. The van der Waals surface area contributed by atoms with E-state index >= 15 is 0 Å². The number of Topliss-reactive ketones (excluding diaryl/α,β-unsaturated/α-hetero) is 1. The molecule has 232 valence electrons. The van der Waals surface area contributed by atoms with Crippen LogP contribution in [0.15, 0.2) is 30.3 Å². The van der Waals surface area contributed by atoms with Gasteiger partial charge in [-0.15, -0.1) is 11.8 Å². The Bertz CT molecular complexity index is 1060. The summed E-state index contributed by atoms with van der Waals surface area (Å²) in [5.74, 6) is 0.782. The van der Waals surface area contributed by atoms with Gasteiger partial charge in [-0.3, -0.25) is 24.2 Å². The molecule has 0 radical (unpaired) electrons. The number of ketones is 1. The van der Waals surface area contributed by atoms with Crippen molar-refractivity contribution in [3.63, 3.8) is 0 Å². The number of nitrogens with one attached hydrogen (secondary N) is 2. The van der Waals surface area contributed by atoms with Gasteiger partial charge in [0.2, 0.25) is 11.8 Å². The van der Waals surface area contributed by atoms with Crippen molar-refractivity contribution in [3.05, 3.63) is 35.9 Å². The molecule has 2 aliphatic heterocycles. The van der Waals surface area contributed by atoms with Gasteiger partial charge in [0.25, 0.3) is 0 Å². The van der Waals surface area contributed by atoms with E-state index in [1.54, 1.807) is 32.5 Å². The SMILES string of the molecule is CC(C)(C)OC(=O)N1CC(=O)C[C@H]1C(=O)NC(CC(=O)NC1CCN(Cc2ccccc2)CC1)SCC1CCCCC1. The fourth-order valence-corrected chi connectivity index (χ4v) is 7.29. The number of benzene rings is 1. The second-order valence-corrected chi connectivity index (χ2v) is 14.2. The van der Waals surface area contributed by atoms with Gasteiger partial charge in [0.15, 0.2) is 5.78 Å². The first-order valence-electron chi connectivity index (χ1n) is 15.5. The molecule has 2 saturated heterocycles. The van der Waals surface area contributed by atoms with Gasteiger partial charge in [-0.1, -0.05) is 49.6 Å². The minimum absolute atomic E-state index is 0.0428. The number of hydrogen-bond donors (Lipinski definition) is 2. The summed E-state index contributed by atoms with van der Waals surface area (Å²) in [6.45, 7) is 7.87. The van der Waals surface area contributed by atoms with Crippen LogP contribution in [0.5, 0.6) is 0 Å². The van der Waals surface area contributed by atoms with E-state index in [1.807, 2.05) is 6.07 Å². The third-order valence-electron chi connectivity index (χ3n) is 8.21. The van der Waals surface area contributed by atoms with Crippen LogP contribution in [0.1, 0.15) is 84.1 Å². The Hall–Kier alpha value is -2.59. The maximum Gasteiger partial charge on any atom is 0.411 e. The third kappa shape index (κ3) is 10.3. The van der Waals surface area contributed by atoms with Gasteiger partial charge in [-0.25, -0.2) is 4.79 Å². The second-order valence-electron chi connectivity index (χ2n) is 13.0. The summed E-state index contributed by atoms with van der Waals surface area (Å²) < 4.78 is 5.45. The van der Waals surface area contributed by atoms with Crippen LogP contribution < -0.4 is 10.6 Å². The van der Waals surface area contributed by atoms with Crippen LogP contribution in [-0.4, -0.2) is 81.9 Å². The van der Waals surface area contributed by atoms with Gasteiger partial charge in [-0.05, 0) is 63.7 Å². The molecule has 1 unspecified atom stereocenters. The van der Waals surface area contributed by atoms with Crippen molar-refractivity contribution in [3.8, 4) is 0 Å². The molecule has 9 nitrogen and oxygen atoms in total. The number of carbonyl (C=O) groups excluding carboxylic acids is 4. The zero-order valence-corrected chi connectivity index (χ0v) is 26.3. The van der Waals surface area contributed by atoms with E-state index in [-0.39, 0.29) is 37.1 Å². The molecular formula is C32H48N4O5S. The van der Waals surface area contributed by atoms with Crippen LogP contribution in [0, 0.1) is 5.92 Å². The van der Waals surface area contributed by atoms with Crippen molar-refractivity contribution >= 4 is 35.5 Å². The molecule has 42 heavy (non-hydrogen) atoms.